The van der Waals surface area contributed by atoms with Crippen LogP contribution in [0.4, 0.5) is 0 Å². The molecule has 0 radical (unpaired) electrons. The number of aliphatic carboxylic acids is 1. The maximum atomic E-state index is 12.0. The molecule has 2 unspecified atom stereocenters. The molecule has 1 heterocycles. The molecule has 1 N–H and O–H groups in total. The average Bonchev–Trinajstić information content (AvgIpc) is 2.37. The Kier molecular flexibility index (Phi) is 4.24. The Bertz CT molecular complexity index is 501. The van der Waals surface area contributed by atoms with E-state index in [2.05, 4.69) is 15.9 Å². The Labute approximate surface area is 120 Å². The number of carboxylic acids is 1. The Morgan fingerprint density at radius 2 is 2.26 bits per heavy atom. The first kappa shape index (κ1) is 14.1. The highest BCUT2D eigenvalue weighted by Gasteiger charge is 2.39. The molecular formula is C14H16BrNO3. The van der Waals surface area contributed by atoms with Crippen LogP contribution in [-0.2, 0) is 9.59 Å². The fraction of sp³-hybridized carbons (Fsp3) is 0.429. The lowest BCUT2D eigenvalue weighted by molar-refractivity contribution is -0.151. The number of likely N-dealkylation sites (tertiary alicyclic amines) is 1. The first-order valence-electron chi connectivity index (χ1n) is 6.32. The van der Waals surface area contributed by atoms with Crippen LogP contribution in [-0.4, -0.2) is 28.4 Å². The molecule has 1 aromatic carbocycles. The van der Waals surface area contributed by atoms with Crippen LogP contribution in [0.2, 0.25) is 0 Å². The van der Waals surface area contributed by atoms with Crippen molar-refractivity contribution < 1.29 is 14.7 Å². The van der Waals surface area contributed by atoms with Crippen molar-refractivity contribution in [2.75, 3.05) is 6.54 Å². The van der Waals surface area contributed by atoms with Crippen LogP contribution >= 0.6 is 15.9 Å². The number of carbonyl (C=O) groups is 2. The molecular weight excluding hydrogens is 310 g/mol. The summed E-state index contributed by atoms with van der Waals surface area (Å²) in [5, 5.41) is 9.39. The van der Waals surface area contributed by atoms with E-state index in [4.69, 9.17) is 0 Å². The van der Waals surface area contributed by atoms with Crippen molar-refractivity contribution >= 4 is 27.8 Å². The molecule has 2 rings (SSSR count). The third-order valence-electron chi connectivity index (χ3n) is 3.55. The fourth-order valence-electron chi connectivity index (χ4n) is 2.69. The highest BCUT2D eigenvalue weighted by atomic mass is 79.9. The monoisotopic (exact) mass is 325 g/mol. The molecule has 102 valence electrons. The van der Waals surface area contributed by atoms with E-state index in [9.17, 15) is 14.7 Å². The molecule has 1 aliphatic heterocycles. The number of amides is 1. The molecule has 4 nitrogen and oxygen atoms in total. The van der Waals surface area contributed by atoms with Gasteiger partial charge in [0.1, 0.15) is 0 Å². The zero-order valence-corrected chi connectivity index (χ0v) is 12.3. The van der Waals surface area contributed by atoms with Crippen LogP contribution in [0.15, 0.2) is 28.7 Å². The van der Waals surface area contributed by atoms with Gasteiger partial charge in [-0.05, 0) is 31.0 Å². The summed E-state index contributed by atoms with van der Waals surface area (Å²) in [6.45, 7) is 2.41. The van der Waals surface area contributed by atoms with Gasteiger partial charge in [-0.15, -0.1) is 0 Å². The molecule has 2 atom stereocenters. The summed E-state index contributed by atoms with van der Waals surface area (Å²) in [5.74, 6) is -1.34. The summed E-state index contributed by atoms with van der Waals surface area (Å²) in [7, 11) is 0. The van der Waals surface area contributed by atoms with Crippen LogP contribution in [0, 0.1) is 5.92 Å². The third-order valence-corrected chi connectivity index (χ3v) is 4.05. The van der Waals surface area contributed by atoms with Crippen molar-refractivity contribution in [3.63, 3.8) is 0 Å². The van der Waals surface area contributed by atoms with Crippen molar-refractivity contribution in [2.45, 2.75) is 25.8 Å². The summed E-state index contributed by atoms with van der Waals surface area (Å²) in [6.07, 6.45) is 0.719. The van der Waals surface area contributed by atoms with Crippen molar-refractivity contribution in [3.8, 4) is 0 Å². The molecule has 1 saturated heterocycles. The normalized spacial score (nSPS) is 23.5. The predicted molar refractivity (Wildman–Crippen MR) is 74.6 cm³/mol. The summed E-state index contributed by atoms with van der Waals surface area (Å²) in [6, 6.07) is 7.15. The predicted octanol–water partition coefficient (Wildman–Crippen LogP) is 2.83. The van der Waals surface area contributed by atoms with E-state index in [1.54, 1.807) is 4.90 Å². The van der Waals surface area contributed by atoms with Crippen LogP contribution in [0.3, 0.4) is 0 Å². The standard InChI is InChI=1S/C14H16BrNO3/c1-2-16-12(17)7-6-11(14(18)19)13(16)9-4-3-5-10(15)8-9/h3-5,8,11,13H,2,6-7H2,1H3,(H,18,19). The molecule has 0 aliphatic carbocycles. The highest BCUT2D eigenvalue weighted by molar-refractivity contribution is 9.10. The number of hydrogen-bond donors (Lipinski definition) is 1. The quantitative estimate of drug-likeness (QED) is 0.929. The van der Waals surface area contributed by atoms with E-state index in [0.29, 0.717) is 19.4 Å². The van der Waals surface area contributed by atoms with Gasteiger partial charge in [0.2, 0.25) is 5.91 Å². The molecule has 0 saturated carbocycles. The second-order valence-corrected chi connectivity index (χ2v) is 5.58. The molecule has 1 fully saturated rings. The van der Waals surface area contributed by atoms with Gasteiger partial charge in [0.25, 0.3) is 0 Å². The second kappa shape index (κ2) is 5.74. The van der Waals surface area contributed by atoms with Gasteiger partial charge in [-0.1, -0.05) is 28.1 Å². The molecule has 0 bridgehead atoms. The number of piperidine rings is 1. The molecule has 1 aliphatic rings. The van der Waals surface area contributed by atoms with E-state index < -0.39 is 11.9 Å². The topological polar surface area (TPSA) is 57.6 Å². The van der Waals surface area contributed by atoms with Gasteiger partial charge in [0.15, 0.2) is 0 Å². The highest BCUT2D eigenvalue weighted by Crippen LogP contribution is 2.37. The zero-order chi connectivity index (χ0) is 14.0. The minimum Gasteiger partial charge on any atom is -0.481 e. The van der Waals surface area contributed by atoms with E-state index in [0.717, 1.165) is 10.0 Å². The SMILES string of the molecule is CCN1C(=O)CCC(C(=O)O)C1c1cccc(Br)c1. The molecule has 0 spiro atoms. The number of carboxylic acid groups (broad SMARTS) is 1. The summed E-state index contributed by atoms with van der Waals surface area (Å²) < 4.78 is 0.892. The van der Waals surface area contributed by atoms with Crippen LogP contribution in [0.1, 0.15) is 31.4 Å². The number of carbonyl (C=O) groups excluding carboxylic acids is 1. The lowest BCUT2D eigenvalue weighted by atomic mass is 9.84. The maximum Gasteiger partial charge on any atom is 0.308 e. The largest absolute Gasteiger partial charge is 0.481 e. The second-order valence-electron chi connectivity index (χ2n) is 4.66. The van der Waals surface area contributed by atoms with Crippen molar-refractivity contribution in [2.24, 2.45) is 5.92 Å². The summed E-state index contributed by atoms with van der Waals surface area (Å²) in [5.41, 5.74) is 0.872. The van der Waals surface area contributed by atoms with E-state index in [1.807, 2.05) is 31.2 Å². The lowest BCUT2D eigenvalue weighted by Gasteiger charge is -2.39. The third kappa shape index (κ3) is 2.81. The molecule has 0 aromatic heterocycles. The Morgan fingerprint density at radius 3 is 2.84 bits per heavy atom. The van der Waals surface area contributed by atoms with E-state index in [1.165, 1.54) is 0 Å². The number of benzene rings is 1. The van der Waals surface area contributed by atoms with Crippen molar-refractivity contribution in [1.29, 1.82) is 0 Å². The van der Waals surface area contributed by atoms with Crippen LogP contribution < -0.4 is 0 Å². The Hall–Kier alpha value is -1.36. The first-order chi connectivity index (χ1) is 9.04. The minimum atomic E-state index is -0.837. The van der Waals surface area contributed by atoms with Gasteiger partial charge in [0, 0.05) is 17.4 Å². The summed E-state index contributed by atoms with van der Waals surface area (Å²) in [4.78, 5) is 25.1. The number of hydrogen-bond acceptors (Lipinski definition) is 2. The zero-order valence-electron chi connectivity index (χ0n) is 10.7. The fourth-order valence-corrected chi connectivity index (χ4v) is 3.10. The summed E-state index contributed by atoms with van der Waals surface area (Å²) >= 11 is 3.39. The van der Waals surface area contributed by atoms with Gasteiger partial charge in [-0.2, -0.15) is 0 Å². The minimum absolute atomic E-state index is 0.0324. The average molecular weight is 326 g/mol. The van der Waals surface area contributed by atoms with E-state index >= 15 is 0 Å². The van der Waals surface area contributed by atoms with Gasteiger partial charge in [0.05, 0.1) is 12.0 Å². The number of nitrogens with zero attached hydrogens (tertiary/aromatic N) is 1. The van der Waals surface area contributed by atoms with Gasteiger partial charge in [-0.25, -0.2) is 0 Å². The molecule has 5 heteroatoms. The van der Waals surface area contributed by atoms with E-state index in [-0.39, 0.29) is 11.9 Å². The first-order valence-corrected chi connectivity index (χ1v) is 7.11. The Morgan fingerprint density at radius 1 is 1.53 bits per heavy atom. The van der Waals surface area contributed by atoms with Gasteiger partial charge < -0.3 is 10.0 Å². The molecule has 1 aromatic rings. The van der Waals surface area contributed by atoms with Crippen molar-refractivity contribution in [1.82, 2.24) is 4.90 Å². The van der Waals surface area contributed by atoms with Crippen LogP contribution in [0.25, 0.3) is 0 Å². The molecule has 19 heavy (non-hydrogen) atoms. The van der Waals surface area contributed by atoms with Gasteiger partial charge >= 0.3 is 5.97 Å². The molecule has 1 amide bonds. The smallest absolute Gasteiger partial charge is 0.308 e. The maximum absolute atomic E-state index is 12.0. The van der Waals surface area contributed by atoms with Crippen molar-refractivity contribution in [3.05, 3.63) is 34.3 Å². The number of rotatable bonds is 3. The Balaban J connectivity index is 2.44. The lowest BCUT2D eigenvalue weighted by Crippen LogP contribution is -2.45. The van der Waals surface area contributed by atoms with Crippen LogP contribution in [0.5, 0.6) is 0 Å². The number of halogens is 1. The van der Waals surface area contributed by atoms with Gasteiger partial charge in [-0.3, -0.25) is 9.59 Å².